The van der Waals surface area contributed by atoms with Gasteiger partial charge in [0.25, 0.3) is 0 Å². The molecule has 0 radical (unpaired) electrons. The van der Waals surface area contributed by atoms with E-state index in [9.17, 15) is 4.79 Å². The Balaban J connectivity index is 1.46. The molecule has 32 heavy (non-hydrogen) atoms. The van der Waals surface area contributed by atoms with E-state index in [0.29, 0.717) is 23.8 Å². The van der Waals surface area contributed by atoms with Gasteiger partial charge in [-0.3, -0.25) is 0 Å². The zero-order chi connectivity index (χ0) is 22.3. The first-order valence-corrected chi connectivity index (χ1v) is 11.0. The molecule has 3 N–H and O–H groups in total. The van der Waals surface area contributed by atoms with Crippen molar-refractivity contribution < 1.29 is 9.53 Å². The van der Waals surface area contributed by atoms with Gasteiger partial charge in [0.1, 0.15) is 0 Å². The van der Waals surface area contributed by atoms with Gasteiger partial charge >= 0.3 is 5.97 Å². The minimum absolute atomic E-state index is 0.123. The van der Waals surface area contributed by atoms with Crippen LogP contribution in [0.15, 0.2) is 85.1 Å². The van der Waals surface area contributed by atoms with Crippen LogP contribution in [0.2, 0.25) is 0 Å². The molecule has 5 nitrogen and oxygen atoms in total. The van der Waals surface area contributed by atoms with Crippen molar-refractivity contribution in [3.63, 3.8) is 0 Å². The summed E-state index contributed by atoms with van der Waals surface area (Å²) < 4.78 is 5.02. The van der Waals surface area contributed by atoms with E-state index >= 15 is 0 Å². The fourth-order valence-corrected chi connectivity index (χ4v) is 3.95. The van der Waals surface area contributed by atoms with Gasteiger partial charge in [-0.25, -0.2) is 4.79 Å². The first kappa shape index (κ1) is 21.6. The van der Waals surface area contributed by atoms with Gasteiger partial charge < -0.3 is 20.4 Å². The number of aromatic nitrogens is 1. The average Bonchev–Trinajstić information content (AvgIpc) is 3.25. The SMILES string of the molecule is CCOC(=O)c1ccc(NC(=S)NCC(c2ccccc2)c2c[nH]c3ccccc23)cc1. The topological polar surface area (TPSA) is 66.2 Å². The summed E-state index contributed by atoms with van der Waals surface area (Å²) in [5, 5.41) is 8.27. The lowest BCUT2D eigenvalue weighted by Gasteiger charge is -2.20. The van der Waals surface area contributed by atoms with Crippen molar-refractivity contribution in [1.82, 2.24) is 10.3 Å². The number of carbonyl (C=O) groups is 1. The Morgan fingerprint density at radius 1 is 1.00 bits per heavy atom. The van der Waals surface area contributed by atoms with Crippen LogP contribution in [0.5, 0.6) is 0 Å². The quantitative estimate of drug-likeness (QED) is 0.261. The number of fused-ring (bicyclic) bond motifs is 1. The minimum atomic E-state index is -0.329. The molecule has 1 aromatic heterocycles. The molecule has 0 amide bonds. The highest BCUT2D eigenvalue weighted by atomic mass is 32.1. The number of carbonyl (C=O) groups excluding carboxylic acids is 1. The molecular weight excluding hydrogens is 418 g/mol. The largest absolute Gasteiger partial charge is 0.462 e. The van der Waals surface area contributed by atoms with Crippen molar-refractivity contribution in [3.05, 3.63) is 102 Å². The van der Waals surface area contributed by atoms with Gasteiger partial charge in [-0.2, -0.15) is 0 Å². The van der Waals surface area contributed by atoms with Crippen LogP contribution in [0, 0.1) is 0 Å². The molecule has 0 spiro atoms. The zero-order valence-corrected chi connectivity index (χ0v) is 18.6. The summed E-state index contributed by atoms with van der Waals surface area (Å²) in [7, 11) is 0. The molecule has 4 aromatic rings. The van der Waals surface area contributed by atoms with Gasteiger partial charge in [-0.15, -0.1) is 0 Å². The number of rotatable bonds is 7. The summed E-state index contributed by atoms with van der Waals surface area (Å²) in [6, 6.07) is 25.8. The predicted molar refractivity (Wildman–Crippen MR) is 133 cm³/mol. The zero-order valence-electron chi connectivity index (χ0n) is 17.8. The second-order valence-corrected chi connectivity index (χ2v) is 7.79. The van der Waals surface area contributed by atoms with Gasteiger partial charge in [0.2, 0.25) is 0 Å². The molecule has 1 atom stereocenters. The predicted octanol–water partition coefficient (Wildman–Crippen LogP) is 5.46. The van der Waals surface area contributed by atoms with Crippen LogP contribution in [0.4, 0.5) is 5.69 Å². The van der Waals surface area contributed by atoms with Crippen molar-refractivity contribution in [2.75, 3.05) is 18.5 Å². The number of benzene rings is 3. The molecular formula is C26H25N3O2S. The standard InChI is InChI=1S/C26H25N3O2S/c1-2-31-25(30)19-12-14-20(15-13-19)29-26(32)28-16-22(18-8-4-3-5-9-18)23-17-27-24-11-7-6-10-21(23)24/h3-15,17,22,27H,2,16H2,1H3,(H2,28,29,32). The summed E-state index contributed by atoms with van der Waals surface area (Å²) in [6.07, 6.45) is 2.08. The van der Waals surface area contributed by atoms with Crippen molar-refractivity contribution in [2.24, 2.45) is 0 Å². The van der Waals surface area contributed by atoms with E-state index in [1.165, 1.54) is 16.5 Å². The lowest BCUT2D eigenvalue weighted by atomic mass is 9.91. The molecule has 0 bridgehead atoms. The van der Waals surface area contributed by atoms with Crippen molar-refractivity contribution in [1.29, 1.82) is 0 Å². The smallest absolute Gasteiger partial charge is 0.338 e. The molecule has 0 aliphatic rings. The van der Waals surface area contributed by atoms with Gasteiger partial charge in [0.05, 0.1) is 12.2 Å². The number of nitrogens with one attached hydrogen (secondary N) is 3. The highest BCUT2D eigenvalue weighted by Gasteiger charge is 2.18. The Hall–Kier alpha value is -3.64. The van der Waals surface area contributed by atoms with E-state index in [0.717, 1.165) is 11.2 Å². The maximum atomic E-state index is 11.8. The van der Waals surface area contributed by atoms with Crippen LogP contribution in [0.1, 0.15) is 34.3 Å². The number of H-pyrrole nitrogens is 1. The average molecular weight is 444 g/mol. The lowest BCUT2D eigenvalue weighted by Crippen LogP contribution is -2.32. The Morgan fingerprint density at radius 3 is 2.47 bits per heavy atom. The monoisotopic (exact) mass is 443 g/mol. The number of aromatic amines is 1. The van der Waals surface area contributed by atoms with E-state index in [1.54, 1.807) is 19.1 Å². The first-order chi connectivity index (χ1) is 15.7. The van der Waals surface area contributed by atoms with Gasteiger partial charge in [0, 0.05) is 35.2 Å². The number of hydrogen-bond donors (Lipinski definition) is 3. The van der Waals surface area contributed by atoms with Crippen molar-refractivity contribution in [2.45, 2.75) is 12.8 Å². The van der Waals surface area contributed by atoms with Crippen molar-refractivity contribution in [3.8, 4) is 0 Å². The highest BCUT2D eigenvalue weighted by Crippen LogP contribution is 2.30. The molecule has 4 rings (SSSR count). The number of thiocarbonyl (C=S) groups is 1. The van der Waals surface area contributed by atoms with Crippen LogP contribution >= 0.6 is 12.2 Å². The molecule has 0 fully saturated rings. The summed E-state index contributed by atoms with van der Waals surface area (Å²) in [5.41, 5.74) is 4.87. The first-order valence-electron chi connectivity index (χ1n) is 10.6. The minimum Gasteiger partial charge on any atom is -0.462 e. The van der Waals surface area contributed by atoms with Gasteiger partial charge in [0.15, 0.2) is 5.11 Å². The fourth-order valence-electron chi connectivity index (χ4n) is 3.75. The molecule has 1 unspecified atom stereocenters. The van der Waals surface area contributed by atoms with Crippen LogP contribution in [-0.4, -0.2) is 29.2 Å². The summed E-state index contributed by atoms with van der Waals surface area (Å²) in [4.78, 5) is 15.2. The molecule has 162 valence electrons. The Labute approximate surface area is 192 Å². The van der Waals surface area contributed by atoms with E-state index < -0.39 is 0 Å². The van der Waals surface area contributed by atoms with Crippen LogP contribution in [0.3, 0.4) is 0 Å². The van der Waals surface area contributed by atoms with Crippen molar-refractivity contribution >= 4 is 39.9 Å². The summed E-state index contributed by atoms with van der Waals surface area (Å²) in [5.74, 6) is -0.206. The van der Waals surface area contributed by atoms with E-state index in [-0.39, 0.29) is 11.9 Å². The summed E-state index contributed by atoms with van der Waals surface area (Å²) in [6.45, 7) is 2.78. The van der Waals surface area contributed by atoms with Crippen LogP contribution in [-0.2, 0) is 4.74 Å². The third-order valence-corrected chi connectivity index (χ3v) is 5.57. The maximum absolute atomic E-state index is 11.8. The number of esters is 1. The third-order valence-electron chi connectivity index (χ3n) is 5.32. The molecule has 1 heterocycles. The molecule has 0 aliphatic heterocycles. The number of ether oxygens (including phenoxy) is 1. The third kappa shape index (κ3) is 4.98. The van der Waals surface area contributed by atoms with Gasteiger partial charge in [-0.05, 0) is 60.6 Å². The molecule has 6 heteroatoms. The fraction of sp³-hybridized carbons (Fsp3) is 0.154. The number of para-hydroxylation sites is 1. The van der Waals surface area contributed by atoms with E-state index in [2.05, 4.69) is 64.3 Å². The normalized spacial score (nSPS) is 11.7. The number of hydrogen-bond acceptors (Lipinski definition) is 3. The highest BCUT2D eigenvalue weighted by molar-refractivity contribution is 7.80. The second kappa shape index (κ2) is 10.1. The molecule has 0 saturated carbocycles. The second-order valence-electron chi connectivity index (χ2n) is 7.39. The van der Waals surface area contributed by atoms with E-state index in [1.807, 2.05) is 24.3 Å². The van der Waals surface area contributed by atoms with Crippen LogP contribution < -0.4 is 10.6 Å². The Kier molecular flexibility index (Phi) is 6.82. The lowest BCUT2D eigenvalue weighted by molar-refractivity contribution is 0.0526. The number of anilines is 1. The molecule has 0 aliphatic carbocycles. The van der Waals surface area contributed by atoms with Crippen LogP contribution in [0.25, 0.3) is 10.9 Å². The Morgan fingerprint density at radius 2 is 1.72 bits per heavy atom. The maximum Gasteiger partial charge on any atom is 0.338 e. The Bertz CT molecular complexity index is 1200. The molecule has 0 saturated heterocycles. The summed E-state index contributed by atoms with van der Waals surface area (Å²) >= 11 is 5.53. The van der Waals surface area contributed by atoms with E-state index in [4.69, 9.17) is 17.0 Å². The van der Waals surface area contributed by atoms with Gasteiger partial charge in [-0.1, -0.05) is 48.5 Å². The molecule has 3 aromatic carbocycles.